The molecule has 2 aliphatic rings. The number of benzene rings is 1. The van der Waals surface area contributed by atoms with E-state index in [1.54, 1.807) is 12.3 Å². The van der Waals surface area contributed by atoms with Crippen molar-refractivity contribution >= 4 is 40.4 Å². The Morgan fingerprint density at radius 1 is 1.39 bits per heavy atom. The van der Waals surface area contributed by atoms with Crippen LogP contribution in [-0.4, -0.2) is 51.8 Å². The van der Waals surface area contributed by atoms with Crippen LogP contribution in [0.4, 0.5) is 18.0 Å². The number of hydrogen-bond donors (Lipinski definition) is 1. The summed E-state index contributed by atoms with van der Waals surface area (Å²) in [5, 5.41) is 9.20. The first-order valence-electron chi connectivity index (χ1n) is 10.9. The van der Waals surface area contributed by atoms with Crippen LogP contribution < -0.4 is 5.32 Å². The maximum Gasteiger partial charge on any atom is 0.406 e. The Labute approximate surface area is 213 Å². The minimum atomic E-state index is -2.81. The highest BCUT2D eigenvalue weighted by atomic mass is 35.5. The second-order valence-corrected chi connectivity index (χ2v) is 9.56. The molecule has 36 heavy (non-hydrogen) atoms. The summed E-state index contributed by atoms with van der Waals surface area (Å²) in [6.45, 7) is -1.97. The van der Waals surface area contributed by atoms with Crippen LogP contribution in [-0.2, 0) is 4.74 Å². The lowest BCUT2D eigenvalue weighted by Gasteiger charge is -2.32. The molecule has 1 aromatic carbocycles. The van der Waals surface area contributed by atoms with Gasteiger partial charge in [0.25, 0.3) is 0 Å². The van der Waals surface area contributed by atoms with Crippen LogP contribution in [0.15, 0.2) is 52.9 Å². The number of amides is 1. The number of ether oxygens (including phenoxy) is 1. The lowest BCUT2D eigenvalue weighted by molar-refractivity contribution is 0.0566. The third-order valence-corrected chi connectivity index (χ3v) is 7.15. The topological polar surface area (TPSA) is 84.6 Å². The van der Waals surface area contributed by atoms with E-state index in [0.717, 1.165) is 5.70 Å². The summed E-state index contributed by atoms with van der Waals surface area (Å²) in [5.74, 6) is 0.0719. The Kier molecular flexibility index (Phi) is 6.71. The highest BCUT2D eigenvalue weighted by molar-refractivity contribution is 7.11. The first-order chi connectivity index (χ1) is 17.4. The number of hydrogen-bond acceptors (Lipinski definition) is 7. The molecule has 13 heteroatoms. The van der Waals surface area contributed by atoms with Gasteiger partial charge in [0.1, 0.15) is 11.9 Å². The zero-order valence-electron chi connectivity index (χ0n) is 18.9. The SMILES string of the molecule is COC(=O)NCC1CC2=C(c3cnn(C(F)F)c3)[C@H](c3ccc(F)cc3Cl)N=C(c3nccs3)N2C1. The van der Waals surface area contributed by atoms with Crippen LogP contribution in [0.1, 0.15) is 35.1 Å². The van der Waals surface area contributed by atoms with Crippen LogP contribution in [0.25, 0.3) is 5.57 Å². The first kappa shape index (κ1) is 24.3. The van der Waals surface area contributed by atoms with Crippen molar-refractivity contribution in [2.24, 2.45) is 10.9 Å². The molecule has 1 saturated heterocycles. The van der Waals surface area contributed by atoms with Gasteiger partial charge in [-0.15, -0.1) is 11.3 Å². The quantitative estimate of drug-likeness (QED) is 0.473. The van der Waals surface area contributed by atoms with Gasteiger partial charge in [-0.25, -0.2) is 18.9 Å². The van der Waals surface area contributed by atoms with Crippen molar-refractivity contribution in [1.29, 1.82) is 0 Å². The number of allylic oxidation sites excluding steroid dienone is 1. The number of methoxy groups -OCH3 is 1. The van der Waals surface area contributed by atoms with Gasteiger partial charge in [-0.05, 0) is 30.0 Å². The van der Waals surface area contributed by atoms with E-state index in [0.29, 0.717) is 51.7 Å². The summed E-state index contributed by atoms with van der Waals surface area (Å²) in [7, 11) is 1.29. The number of alkyl halides is 2. The molecule has 2 aliphatic heterocycles. The normalized spacial score (nSPS) is 19.5. The molecule has 1 unspecified atom stereocenters. The fraction of sp³-hybridized carbons (Fsp3) is 0.304. The molecule has 4 heterocycles. The van der Waals surface area contributed by atoms with Crippen molar-refractivity contribution in [2.45, 2.75) is 19.0 Å². The molecule has 1 amide bonds. The van der Waals surface area contributed by atoms with Crippen LogP contribution in [0.2, 0.25) is 5.02 Å². The Bertz CT molecular complexity index is 1340. The van der Waals surface area contributed by atoms with E-state index in [2.05, 4.69) is 20.1 Å². The molecule has 1 N–H and O–H groups in total. The molecule has 188 valence electrons. The van der Waals surface area contributed by atoms with Crippen molar-refractivity contribution in [3.05, 3.63) is 74.8 Å². The lowest BCUT2D eigenvalue weighted by atomic mass is 9.90. The number of carbonyl (C=O) groups excluding carboxylic acids is 1. The van der Waals surface area contributed by atoms with E-state index in [1.165, 1.54) is 43.0 Å². The number of fused-ring (bicyclic) bond motifs is 1. The van der Waals surface area contributed by atoms with Crippen molar-refractivity contribution in [3.8, 4) is 0 Å². The number of thiazole rings is 1. The highest BCUT2D eigenvalue weighted by Gasteiger charge is 2.40. The monoisotopic (exact) mass is 536 g/mol. The Balaban J connectivity index is 1.66. The number of aromatic nitrogens is 3. The third-order valence-electron chi connectivity index (χ3n) is 6.05. The van der Waals surface area contributed by atoms with Gasteiger partial charge in [-0.1, -0.05) is 17.7 Å². The van der Waals surface area contributed by atoms with Gasteiger partial charge >= 0.3 is 12.6 Å². The Hall–Kier alpha value is -3.38. The van der Waals surface area contributed by atoms with Gasteiger partial charge in [0.15, 0.2) is 10.8 Å². The number of carbonyl (C=O) groups is 1. The first-order valence-corrected chi connectivity index (χ1v) is 12.2. The number of nitrogens with one attached hydrogen (secondary N) is 1. The van der Waals surface area contributed by atoms with E-state index in [-0.39, 0.29) is 10.9 Å². The standard InChI is InChI=1S/C23H20ClF3N6O2S/c1-35-23(34)29-8-12-6-17-18(13-9-30-33(11-13)22(26)27)19(15-3-2-14(25)7-16(15)24)31-20(32(17)10-12)21-28-4-5-36-21/h2-5,7,9,11-12,19,22H,6,8,10H2,1H3,(H,29,34)/t12?,19-/m0/s1. The van der Waals surface area contributed by atoms with E-state index >= 15 is 0 Å². The second kappa shape index (κ2) is 9.94. The number of halogens is 4. The van der Waals surface area contributed by atoms with E-state index in [1.807, 2.05) is 10.3 Å². The Morgan fingerprint density at radius 3 is 2.89 bits per heavy atom. The summed E-state index contributed by atoms with van der Waals surface area (Å²) in [6, 6.07) is 3.31. The molecule has 2 atom stereocenters. The molecule has 0 bridgehead atoms. The average molecular weight is 537 g/mol. The maximum atomic E-state index is 13.9. The largest absolute Gasteiger partial charge is 0.453 e. The van der Waals surface area contributed by atoms with E-state index < -0.39 is 24.5 Å². The van der Waals surface area contributed by atoms with Crippen molar-refractivity contribution < 1.29 is 22.7 Å². The number of alkyl carbamates (subject to hydrolysis) is 1. The summed E-state index contributed by atoms with van der Waals surface area (Å²) < 4.78 is 45.9. The predicted octanol–water partition coefficient (Wildman–Crippen LogP) is 5.12. The number of aliphatic imine (C=N–C) groups is 1. The average Bonchev–Trinajstić information content (AvgIpc) is 3.62. The molecule has 3 aromatic rings. The summed E-state index contributed by atoms with van der Waals surface area (Å²) in [6.07, 6.45) is 4.26. The van der Waals surface area contributed by atoms with Gasteiger partial charge < -0.3 is 15.0 Å². The molecular weight excluding hydrogens is 517 g/mol. The Morgan fingerprint density at radius 2 is 2.22 bits per heavy atom. The third kappa shape index (κ3) is 4.58. The zero-order valence-corrected chi connectivity index (χ0v) is 20.4. The second-order valence-electron chi connectivity index (χ2n) is 8.26. The molecule has 8 nitrogen and oxygen atoms in total. The molecule has 5 rings (SSSR count). The van der Waals surface area contributed by atoms with Crippen molar-refractivity contribution in [3.63, 3.8) is 0 Å². The van der Waals surface area contributed by atoms with Crippen molar-refractivity contribution in [2.75, 3.05) is 20.2 Å². The molecule has 0 saturated carbocycles. The number of rotatable bonds is 6. The van der Waals surface area contributed by atoms with E-state index in [9.17, 15) is 18.0 Å². The van der Waals surface area contributed by atoms with Crippen LogP contribution >= 0.6 is 22.9 Å². The van der Waals surface area contributed by atoms with Gasteiger partial charge in [0.05, 0.1) is 13.3 Å². The molecule has 0 aliphatic carbocycles. The smallest absolute Gasteiger partial charge is 0.406 e. The number of nitrogens with zero attached hydrogens (tertiary/aromatic N) is 5. The highest BCUT2D eigenvalue weighted by Crippen LogP contribution is 2.47. The molecule has 0 radical (unpaired) electrons. The number of amidine groups is 1. The van der Waals surface area contributed by atoms with Gasteiger partial charge in [-0.3, -0.25) is 4.99 Å². The predicted molar refractivity (Wildman–Crippen MR) is 128 cm³/mol. The summed E-state index contributed by atoms with van der Waals surface area (Å²) in [4.78, 5) is 23.1. The molecule has 0 spiro atoms. The van der Waals surface area contributed by atoms with Crippen LogP contribution in [0.5, 0.6) is 0 Å². The summed E-state index contributed by atoms with van der Waals surface area (Å²) in [5.41, 5.74) is 2.43. The minimum absolute atomic E-state index is 0.0214. The zero-order chi connectivity index (χ0) is 25.4. The van der Waals surface area contributed by atoms with Gasteiger partial charge in [0, 0.05) is 52.7 Å². The molecule has 2 aromatic heterocycles. The van der Waals surface area contributed by atoms with Gasteiger partial charge in [0.2, 0.25) is 0 Å². The minimum Gasteiger partial charge on any atom is -0.453 e. The van der Waals surface area contributed by atoms with Crippen molar-refractivity contribution in [1.82, 2.24) is 25.0 Å². The fourth-order valence-corrected chi connectivity index (χ4v) is 5.41. The fourth-order valence-electron chi connectivity index (χ4n) is 4.50. The molecule has 1 fully saturated rings. The van der Waals surface area contributed by atoms with Crippen LogP contribution in [0.3, 0.4) is 0 Å². The van der Waals surface area contributed by atoms with Crippen LogP contribution in [0, 0.1) is 11.7 Å². The van der Waals surface area contributed by atoms with Gasteiger partial charge in [-0.2, -0.15) is 13.9 Å². The molecular formula is C23H20ClF3N6O2S. The maximum absolute atomic E-state index is 13.9. The summed E-state index contributed by atoms with van der Waals surface area (Å²) >= 11 is 7.86. The van der Waals surface area contributed by atoms with E-state index in [4.69, 9.17) is 16.6 Å². The lowest BCUT2D eigenvalue weighted by Crippen LogP contribution is -2.35.